The number of carbonyl (C=O) groups excluding carboxylic acids is 1. The molecule has 0 saturated heterocycles. The maximum Gasteiger partial charge on any atom is 0.417 e. The largest absolute Gasteiger partial charge is 0.417 e. The van der Waals surface area contributed by atoms with E-state index in [2.05, 4.69) is 9.61 Å². The summed E-state index contributed by atoms with van der Waals surface area (Å²) in [7, 11) is -9.13. The van der Waals surface area contributed by atoms with E-state index in [9.17, 15) is 34.8 Å². The van der Waals surface area contributed by atoms with E-state index >= 15 is 0 Å². The van der Waals surface area contributed by atoms with Crippen LogP contribution in [0.25, 0.3) is 0 Å². The Morgan fingerprint density at radius 1 is 0.947 bits per heavy atom. The number of halogens is 3. The zero-order chi connectivity index (χ0) is 27.9. The van der Waals surface area contributed by atoms with E-state index in [4.69, 9.17) is 4.89 Å². The van der Waals surface area contributed by atoms with Crippen LogP contribution in [0.3, 0.4) is 0 Å². The molecule has 2 unspecified atom stereocenters. The monoisotopic (exact) mass is 569 g/mol. The summed E-state index contributed by atoms with van der Waals surface area (Å²) in [6.07, 6.45) is -4.96. The summed E-state index contributed by atoms with van der Waals surface area (Å²) in [5.74, 6) is -0.928. The Morgan fingerprint density at radius 2 is 1.63 bits per heavy atom. The molecule has 0 saturated carbocycles. The Balaban J connectivity index is 1.69. The van der Waals surface area contributed by atoms with Gasteiger partial charge in [-0.15, -0.1) is 0 Å². The minimum atomic E-state index is -5.06. The van der Waals surface area contributed by atoms with Gasteiger partial charge in [0.15, 0.2) is 5.75 Å². The summed E-state index contributed by atoms with van der Waals surface area (Å²) in [5, 5.41) is 0. The average Bonchev–Trinajstić information content (AvgIpc) is 3.16. The average molecular weight is 570 g/mol. The van der Waals surface area contributed by atoms with Gasteiger partial charge < -0.3 is 0 Å². The number of hydrogen-bond acceptors (Lipinski definition) is 7. The van der Waals surface area contributed by atoms with E-state index in [1.54, 1.807) is 19.1 Å². The Bertz CT molecular complexity index is 1590. The SMILES string of the molecule is CC(=O)OOc1ccc2c(c1)CC(NS(=O)(=O)c1cc(S(=O)(=O)c3ccccc3)ccc1C(F)(F)F)C2C. The van der Waals surface area contributed by atoms with Crippen LogP contribution in [-0.2, 0) is 42.1 Å². The second kappa shape index (κ2) is 10.0. The molecular formula is C25H22F3NO7S2. The van der Waals surface area contributed by atoms with Crippen LogP contribution in [0.1, 0.15) is 36.5 Å². The number of fused-ring (bicyclic) bond motifs is 1. The molecule has 0 radical (unpaired) electrons. The van der Waals surface area contributed by atoms with Crippen LogP contribution in [-0.4, -0.2) is 28.8 Å². The quantitative estimate of drug-likeness (QED) is 0.331. The highest BCUT2D eigenvalue weighted by molar-refractivity contribution is 7.91. The number of sulfonamides is 1. The van der Waals surface area contributed by atoms with Crippen LogP contribution >= 0.6 is 0 Å². The highest BCUT2D eigenvalue weighted by atomic mass is 32.2. The summed E-state index contributed by atoms with van der Waals surface area (Å²) in [5.41, 5.74) is -0.118. The van der Waals surface area contributed by atoms with Crippen molar-refractivity contribution in [1.82, 2.24) is 4.72 Å². The number of carbonyl (C=O) groups is 1. The molecule has 0 aliphatic heterocycles. The first-order chi connectivity index (χ1) is 17.7. The Labute approximate surface area is 217 Å². The fourth-order valence-electron chi connectivity index (χ4n) is 4.26. The van der Waals surface area contributed by atoms with Crippen molar-refractivity contribution in [3.05, 3.63) is 83.4 Å². The molecule has 0 spiro atoms. The zero-order valence-corrected chi connectivity index (χ0v) is 21.7. The van der Waals surface area contributed by atoms with Gasteiger partial charge in [-0.3, -0.25) is 9.78 Å². The molecule has 0 aromatic heterocycles. The molecule has 202 valence electrons. The number of sulfone groups is 1. The molecule has 1 aliphatic carbocycles. The van der Waals surface area contributed by atoms with Crippen LogP contribution in [0, 0.1) is 0 Å². The van der Waals surface area contributed by atoms with E-state index in [0.29, 0.717) is 17.7 Å². The van der Waals surface area contributed by atoms with Crippen LogP contribution in [0.2, 0.25) is 0 Å². The standard InChI is InChI=1S/C25H22F3NO7S2/c1-15-21-10-8-18(36-35-16(2)30)12-17(21)13-23(15)29-38(33,34)24-14-20(9-11-22(24)25(26,27)28)37(31,32)19-6-4-3-5-7-19/h3-12,14-15,23,29H,13H2,1-2H3. The summed E-state index contributed by atoms with van der Waals surface area (Å²) in [6, 6.07) is 12.5. The van der Waals surface area contributed by atoms with Gasteiger partial charge in [0.2, 0.25) is 19.9 Å². The lowest BCUT2D eigenvalue weighted by atomic mass is 10.0. The molecule has 0 bridgehead atoms. The molecule has 8 nitrogen and oxygen atoms in total. The van der Waals surface area contributed by atoms with Gasteiger partial charge in [0.1, 0.15) is 0 Å². The molecule has 3 aromatic carbocycles. The zero-order valence-electron chi connectivity index (χ0n) is 20.0. The molecule has 38 heavy (non-hydrogen) atoms. The molecule has 0 heterocycles. The van der Waals surface area contributed by atoms with Gasteiger partial charge in [0, 0.05) is 13.0 Å². The van der Waals surface area contributed by atoms with Crippen molar-refractivity contribution in [2.45, 2.75) is 53.1 Å². The molecule has 2 atom stereocenters. The number of nitrogens with one attached hydrogen (secondary N) is 1. The number of benzene rings is 3. The molecule has 4 rings (SSSR count). The number of hydrogen-bond donors (Lipinski definition) is 1. The first kappa shape index (κ1) is 27.6. The van der Waals surface area contributed by atoms with Crippen molar-refractivity contribution < 1.29 is 44.6 Å². The molecule has 1 N–H and O–H groups in total. The predicted octanol–water partition coefficient (Wildman–Crippen LogP) is 4.40. The van der Waals surface area contributed by atoms with E-state index < -0.39 is 59.3 Å². The normalized spacial score (nSPS) is 17.6. The first-order valence-corrected chi connectivity index (χ1v) is 14.2. The highest BCUT2D eigenvalue weighted by Crippen LogP contribution is 2.39. The lowest BCUT2D eigenvalue weighted by molar-refractivity contribution is -0.210. The smallest absolute Gasteiger partial charge is 0.287 e. The third-order valence-corrected chi connectivity index (χ3v) is 9.42. The van der Waals surface area contributed by atoms with Gasteiger partial charge in [-0.25, -0.2) is 26.4 Å². The van der Waals surface area contributed by atoms with E-state index in [1.165, 1.54) is 36.4 Å². The fourth-order valence-corrected chi connectivity index (χ4v) is 7.21. The lowest BCUT2D eigenvalue weighted by Crippen LogP contribution is -2.38. The topological polar surface area (TPSA) is 116 Å². The Hall–Kier alpha value is -3.42. The van der Waals surface area contributed by atoms with Crippen LogP contribution < -0.4 is 9.61 Å². The van der Waals surface area contributed by atoms with Gasteiger partial charge in [-0.2, -0.15) is 13.2 Å². The first-order valence-electron chi connectivity index (χ1n) is 11.2. The summed E-state index contributed by atoms with van der Waals surface area (Å²) in [6.45, 7) is 2.85. The summed E-state index contributed by atoms with van der Waals surface area (Å²) < 4.78 is 96.4. The number of rotatable bonds is 7. The predicted molar refractivity (Wildman–Crippen MR) is 128 cm³/mol. The van der Waals surface area contributed by atoms with Gasteiger partial charge >= 0.3 is 12.1 Å². The maximum atomic E-state index is 13.8. The number of alkyl halides is 3. The van der Waals surface area contributed by atoms with E-state index in [0.717, 1.165) is 18.6 Å². The second-order valence-corrected chi connectivity index (χ2v) is 12.3. The van der Waals surface area contributed by atoms with Crippen LogP contribution in [0.4, 0.5) is 13.2 Å². The molecule has 0 amide bonds. The highest BCUT2D eigenvalue weighted by Gasteiger charge is 2.40. The lowest BCUT2D eigenvalue weighted by Gasteiger charge is -2.20. The van der Waals surface area contributed by atoms with Crippen molar-refractivity contribution in [1.29, 1.82) is 0 Å². The van der Waals surface area contributed by atoms with Crippen LogP contribution in [0.15, 0.2) is 81.4 Å². The van der Waals surface area contributed by atoms with Crippen molar-refractivity contribution in [3.8, 4) is 5.75 Å². The van der Waals surface area contributed by atoms with Gasteiger partial charge in [0.05, 0.1) is 20.2 Å². The summed E-state index contributed by atoms with van der Waals surface area (Å²) in [4.78, 5) is 18.4. The van der Waals surface area contributed by atoms with Gasteiger partial charge in [-0.1, -0.05) is 31.2 Å². The minimum Gasteiger partial charge on any atom is -0.287 e. The van der Waals surface area contributed by atoms with Crippen molar-refractivity contribution in [3.63, 3.8) is 0 Å². The Kier molecular flexibility index (Phi) is 7.30. The van der Waals surface area contributed by atoms with Crippen molar-refractivity contribution in [2.24, 2.45) is 0 Å². The molecule has 13 heteroatoms. The Morgan fingerprint density at radius 3 is 2.26 bits per heavy atom. The van der Waals surface area contributed by atoms with E-state index in [1.807, 2.05) is 0 Å². The van der Waals surface area contributed by atoms with Gasteiger partial charge in [-0.05, 0) is 65.9 Å². The van der Waals surface area contributed by atoms with Crippen LogP contribution in [0.5, 0.6) is 5.75 Å². The molecule has 3 aromatic rings. The van der Waals surface area contributed by atoms with Gasteiger partial charge in [0.25, 0.3) is 0 Å². The van der Waals surface area contributed by atoms with Crippen molar-refractivity contribution >= 4 is 25.8 Å². The minimum absolute atomic E-state index is 0.107. The fraction of sp³-hybridized carbons (Fsp3) is 0.240. The third kappa shape index (κ3) is 5.54. The molecule has 0 fully saturated rings. The molecular weight excluding hydrogens is 547 g/mol. The third-order valence-electron chi connectivity index (χ3n) is 6.12. The summed E-state index contributed by atoms with van der Waals surface area (Å²) >= 11 is 0. The second-order valence-electron chi connectivity index (χ2n) is 8.71. The van der Waals surface area contributed by atoms with E-state index in [-0.39, 0.29) is 17.1 Å². The van der Waals surface area contributed by atoms with Crippen molar-refractivity contribution in [2.75, 3.05) is 0 Å². The maximum absolute atomic E-state index is 13.8. The molecule has 1 aliphatic rings.